The molecule has 0 atom stereocenters. The second-order valence-corrected chi connectivity index (χ2v) is 6.89. The molecule has 2 aliphatic heterocycles. The summed E-state index contributed by atoms with van der Waals surface area (Å²) in [6, 6.07) is 0. The molecular weight excluding hydrogens is 326 g/mol. The number of piperazine rings is 1. The van der Waals surface area contributed by atoms with E-state index < -0.39 is 0 Å². The summed E-state index contributed by atoms with van der Waals surface area (Å²) >= 11 is 7.25. The predicted molar refractivity (Wildman–Crippen MR) is 84.0 cm³/mol. The zero-order chi connectivity index (χ0) is 15.4. The molecule has 2 aliphatic rings. The van der Waals surface area contributed by atoms with E-state index in [0.717, 1.165) is 58.2 Å². The topological polar surface area (TPSA) is 61.8 Å². The van der Waals surface area contributed by atoms with Crippen molar-refractivity contribution in [2.75, 3.05) is 59.0 Å². The standard InChI is InChI=1S/C13H20ClN5O2S/c14-13-11(15-16-22-13)9-17-1-3-19(4-2-17)12(20)10-18-5-7-21-8-6-18/h1-10H2. The number of rotatable bonds is 4. The van der Waals surface area contributed by atoms with Crippen LogP contribution >= 0.6 is 23.1 Å². The van der Waals surface area contributed by atoms with Crippen molar-refractivity contribution in [2.24, 2.45) is 0 Å². The van der Waals surface area contributed by atoms with Gasteiger partial charge in [-0.25, -0.2) is 0 Å². The van der Waals surface area contributed by atoms with Crippen molar-refractivity contribution < 1.29 is 9.53 Å². The summed E-state index contributed by atoms with van der Waals surface area (Å²) in [5.41, 5.74) is 0.833. The van der Waals surface area contributed by atoms with Gasteiger partial charge in [0.2, 0.25) is 5.91 Å². The van der Waals surface area contributed by atoms with Crippen LogP contribution in [0.1, 0.15) is 5.69 Å². The molecule has 3 heterocycles. The van der Waals surface area contributed by atoms with Crippen molar-refractivity contribution in [1.82, 2.24) is 24.3 Å². The van der Waals surface area contributed by atoms with Crippen molar-refractivity contribution in [3.05, 3.63) is 10.0 Å². The maximum atomic E-state index is 12.3. The second-order valence-electron chi connectivity index (χ2n) is 5.54. The normalized spacial score (nSPS) is 21.2. The minimum Gasteiger partial charge on any atom is -0.379 e. The molecule has 0 radical (unpaired) electrons. The Kier molecular flexibility index (Phi) is 5.59. The van der Waals surface area contributed by atoms with E-state index in [4.69, 9.17) is 16.3 Å². The van der Waals surface area contributed by atoms with Crippen LogP contribution in [0.3, 0.4) is 0 Å². The molecule has 7 nitrogen and oxygen atoms in total. The van der Waals surface area contributed by atoms with Gasteiger partial charge in [-0.05, 0) is 0 Å². The highest BCUT2D eigenvalue weighted by Crippen LogP contribution is 2.19. The molecule has 22 heavy (non-hydrogen) atoms. The number of hydrogen-bond donors (Lipinski definition) is 0. The molecule has 0 bridgehead atoms. The molecule has 0 saturated carbocycles. The molecule has 0 N–H and O–H groups in total. The molecule has 9 heteroatoms. The van der Waals surface area contributed by atoms with Crippen LogP contribution in [0.4, 0.5) is 0 Å². The number of carbonyl (C=O) groups excluding carboxylic acids is 1. The fourth-order valence-corrected chi connectivity index (χ4v) is 3.32. The Hall–Kier alpha value is -0.800. The van der Waals surface area contributed by atoms with Crippen LogP contribution in [0.15, 0.2) is 0 Å². The quantitative estimate of drug-likeness (QED) is 0.775. The molecule has 3 rings (SSSR count). The molecule has 1 amide bonds. The first-order chi connectivity index (χ1) is 10.7. The third-order valence-electron chi connectivity index (χ3n) is 4.07. The zero-order valence-electron chi connectivity index (χ0n) is 12.4. The number of halogens is 1. The Morgan fingerprint density at radius 1 is 1.14 bits per heavy atom. The average Bonchev–Trinajstić information content (AvgIpc) is 2.94. The summed E-state index contributed by atoms with van der Waals surface area (Å²) in [6.07, 6.45) is 0. The Balaban J connectivity index is 1.43. The largest absolute Gasteiger partial charge is 0.379 e. The van der Waals surface area contributed by atoms with Crippen LogP contribution < -0.4 is 0 Å². The molecular formula is C13H20ClN5O2S. The number of amides is 1. The van der Waals surface area contributed by atoms with Crippen LogP contribution in [0.5, 0.6) is 0 Å². The number of carbonyl (C=O) groups is 1. The van der Waals surface area contributed by atoms with E-state index in [1.165, 1.54) is 11.5 Å². The van der Waals surface area contributed by atoms with Crippen molar-refractivity contribution in [1.29, 1.82) is 0 Å². The van der Waals surface area contributed by atoms with Crippen molar-refractivity contribution >= 4 is 29.0 Å². The highest BCUT2D eigenvalue weighted by atomic mass is 35.5. The Bertz CT molecular complexity index is 500. The van der Waals surface area contributed by atoms with Crippen LogP contribution in [0, 0.1) is 0 Å². The summed E-state index contributed by atoms with van der Waals surface area (Å²) in [5.74, 6) is 0.218. The van der Waals surface area contributed by atoms with Gasteiger partial charge in [-0.3, -0.25) is 14.6 Å². The lowest BCUT2D eigenvalue weighted by atomic mass is 10.3. The minimum absolute atomic E-state index is 0.218. The van der Waals surface area contributed by atoms with E-state index in [-0.39, 0.29) is 5.91 Å². The molecule has 2 fully saturated rings. The van der Waals surface area contributed by atoms with Gasteiger partial charge < -0.3 is 9.64 Å². The summed E-state index contributed by atoms with van der Waals surface area (Å²) in [4.78, 5) is 18.7. The van der Waals surface area contributed by atoms with Crippen molar-refractivity contribution in [3.8, 4) is 0 Å². The van der Waals surface area contributed by atoms with Gasteiger partial charge in [0.15, 0.2) is 0 Å². The van der Waals surface area contributed by atoms with Gasteiger partial charge in [-0.1, -0.05) is 16.1 Å². The fourth-order valence-electron chi connectivity index (χ4n) is 2.71. The van der Waals surface area contributed by atoms with Crippen molar-refractivity contribution in [2.45, 2.75) is 6.54 Å². The van der Waals surface area contributed by atoms with Gasteiger partial charge in [0.25, 0.3) is 0 Å². The molecule has 1 aromatic rings. The number of morpholine rings is 1. The molecule has 0 unspecified atom stereocenters. The van der Waals surface area contributed by atoms with Crippen LogP contribution in [-0.4, -0.2) is 89.2 Å². The lowest BCUT2D eigenvalue weighted by Gasteiger charge is -2.36. The third kappa shape index (κ3) is 4.14. The van der Waals surface area contributed by atoms with E-state index in [9.17, 15) is 4.79 Å². The first kappa shape index (κ1) is 16.1. The number of ether oxygens (including phenoxy) is 1. The molecule has 1 aromatic heterocycles. The maximum Gasteiger partial charge on any atom is 0.236 e. The van der Waals surface area contributed by atoms with E-state index >= 15 is 0 Å². The SMILES string of the molecule is O=C(CN1CCOCC1)N1CCN(Cc2nnsc2Cl)CC1. The molecule has 2 saturated heterocycles. The first-order valence-electron chi connectivity index (χ1n) is 7.49. The Morgan fingerprint density at radius 3 is 2.50 bits per heavy atom. The predicted octanol–water partition coefficient (Wildman–Crippen LogP) is 0.168. The lowest BCUT2D eigenvalue weighted by molar-refractivity contribution is -0.135. The van der Waals surface area contributed by atoms with Crippen LogP contribution in [0.2, 0.25) is 4.34 Å². The van der Waals surface area contributed by atoms with Gasteiger partial charge in [0.05, 0.1) is 19.8 Å². The highest BCUT2D eigenvalue weighted by Gasteiger charge is 2.24. The summed E-state index contributed by atoms with van der Waals surface area (Å²) < 4.78 is 9.81. The van der Waals surface area contributed by atoms with Crippen LogP contribution in [-0.2, 0) is 16.1 Å². The van der Waals surface area contributed by atoms with Crippen molar-refractivity contribution in [3.63, 3.8) is 0 Å². The molecule has 122 valence electrons. The number of aromatic nitrogens is 2. The smallest absolute Gasteiger partial charge is 0.236 e. The Labute approximate surface area is 138 Å². The van der Waals surface area contributed by atoms with E-state index in [1.54, 1.807) is 0 Å². The number of nitrogens with zero attached hydrogens (tertiary/aromatic N) is 5. The molecule has 0 aromatic carbocycles. The van der Waals surface area contributed by atoms with Gasteiger partial charge in [-0.2, -0.15) is 0 Å². The molecule has 0 aliphatic carbocycles. The van der Waals surface area contributed by atoms with E-state index in [2.05, 4.69) is 19.4 Å². The highest BCUT2D eigenvalue weighted by molar-refractivity contribution is 7.10. The van der Waals surface area contributed by atoms with Crippen LogP contribution in [0.25, 0.3) is 0 Å². The van der Waals surface area contributed by atoms with Gasteiger partial charge >= 0.3 is 0 Å². The Morgan fingerprint density at radius 2 is 1.86 bits per heavy atom. The van der Waals surface area contributed by atoms with E-state index in [1.807, 2.05) is 4.90 Å². The third-order valence-corrected chi connectivity index (χ3v) is 5.05. The second kappa shape index (κ2) is 7.65. The van der Waals surface area contributed by atoms with E-state index in [0.29, 0.717) is 17.4 Å². The first-order valence-corrected chi connectivity index (χ1v) is 8.64. The average molecular weight is 346 g/mol. The lowest BCUT2D eigenvalue weighted by Crippen LogP contribution is -2.52. The summed E-state index contributed by atoms with van der Waals surface area (Å²) in [7, 11) is 0. The summed E-state index contributed by atoms with van der Waals surface area (Å²) in [6.45, 7) is 7.59. The fraction of sp³-hybridized carbons (Fsp3) is 0.769. The maximum absolute atomic E-state index is 12.3. The van der Waals surface area contributed by atoms with Gasteiger partial charge in [0, 0.05) is 57.3 Å². The molecule has 0 spiro atoms. The minimum atomic E-state index is 0.218. The zero-order valence-corrected chi connectivity index (χ0v) is 14.0. The number of hydrogen-bond acceptors (Lipinski definition) is 7. The monoisotopic (exact) mass is 345 g/mol. The van der Waals surface area contributed by atoms with Gasteiger partial charge in [-0.15, -0.1) is 5.10 Å². The summed E-state index contributed by atoms with van der Waals surface area (Å²) in [5, 5.41) is 4.04. The van der Waals surface area contributed by atoms with Gasteiger partial charge in [0.1, 0.15) is 10.0 Å².